The lowest BCUT2D eigenvalue weighted by molar-refractivity contribution is 0.0739. The Morgan fingerprint density at radius 3 is 2.00 bits per heavy atom. The largest absolute Gasteiger partial charge is 0.396 e. The average Bonchev–Trinajstić information content (AvgIpc) is 2.09. The van der Waals surface area contributed by atoms with Crippen molar-refractivity contribution in [2.45, 2.75) is 12.8 Å². The number of halogens is 2. The fraction of sp³-hybridized carbons (Fsp3) is 1.00. The Morgan fingerprint density at radius 2 is 2.00 bits per heavy atom. The zero-order valence-electron chi connectivity index (χ0n) is 4.56. The second kappa shape index (κ2) is 1.41. The first kappa shape index (κ1) is 5.95. The molecular formula is C5H8F2O. The molecule has 1 aliphatic carbocycles. The van der Waals surface area contributed by atoms with Crippen LogP contribution < -0.4 is 0 Å². The minimum atomic E-state index is -2.57. The summed E-state index contributed by atoms with van der Waals surface area (Å²) >= 11 is 0. The Bertz CT molecular complexity index is 103. The van der Waals surface area contributed by atoms with Gasteiger partial charge in [-0.15, -0.1) is 0 Å². The van der Waals surface area contributed by atoms with Crippen LogP contribution in [0.25, 0.3) is 0 Å². The third kappa shape index (κ3) is 0.540. The maximum absolute atomic E-state index is 12.0. The summed E-state index contributed by atoms with van der Waals surface area (Å²) < 4.78 is 24.1. The van der Waals surface area contributed by atoms with Crippen LogP contribution in [-0.4, -0.2) is 17.6 Å². The summed E-state index contributed by atoms with van der Waals surface area (Å²) in [5.74, 6) is -3.94. The molecule has 0 aliphatic heterocycles. The second-order valence-electron chi connectivity index (χ2n) is 2.25. The van der Waals surface area contributed by atoms with E-state index in [9.17, 15) is 8.78 Å². The summed E-state index contributed by atoms with van der Waals surface area (Å²) in [7, 11) is 0. The Kier molecular flexibility index (Phi) is 1.05. The standard InChI is InChI=1S/C5H8F2O/c1-3-4(2-8)5(3,6)7/h3-4,8H,2H2,1H3. The zero-order chi connectivity index (χ0) is 6.36. The summed E-state index contributed by atoms with van der Waals surface area (Å²) in [5.41, 5.74) is 0. The van der Waals surface area contributed by atoms with Crippen LogP contribution in [0, 0.1) is 11.8 Å². The minimum Gasteiger partial charge on any atom is -0.396 e. The molecule has 2 unspecified atom stereocenters. The molecule has 0 radical (unpaired) electrons. The first-order valence-electron chi connectivity index (χ1n) is 2.59. The van der Waals surface area contributed by atoms with Gasteiger partial charge in [-0.05, 0) is 0 Å². The third-order valence-corrected chi connectivity index (χ3v) is 1.79. The maximum Gasteiger partial charge on any atom is 0.256 e. The van der Waals surface area contributed by atoms with Gasteiger partial charge >= 0.3 is 0 Å². The highest BCUT2D eigenvalue weighted by molar-refractivity contribution is 5.01. The van der Waals surface area contributed by atoms with Gasteiger partial charge in [-0.3, -0.25) is 0 Å². The predicted molar refractivity (Wildman–Crippen MR) is 24.7 cm³/mol. The average molecular weight is 122 g/mol. The second-order valence-corrected chi connectivity index (χ2v) is 2.25. The molecule has 0 saturated heterocycles. The molecule has 48 valence electrons. The van der Waals surface area contributed by atoms with E-state index in [1.807, 2.05) is 0 Å². The van der Waals surface area contributed by atoms with E-state index >= 15 is 0 Å². The molecule has 1 fully saturated rings. The molecule has 0 aromatic carbocycles. The van der Waals surface area contributed by atoms with Crippen LogP contribution in [-0.2, 0) is 0 Å². The van der Waals surface area contributed by atoms with Crippen molar-refractivity contribution >= 4 is 0 Å². The van der Waals surface area contributed by atoms with Gasteiger partial charge in [0.15, 0.2) is 0 Å². The lowest BCUT2D eigenvalue weighted by Crippen LogP contribution is -1.96. The van der Waals surface area contributed by atoms with Gasteiger partial charge in [0.05, 0.1) is 12.5 Å². The molecule has 0 bridgehead atoms. The number of aliphatic hydroxyl groups is 1. The number of alkyl halides is 2. The molecule has 0 heterocycles. The van der Waals surface area contributed by atoms with E-state index in [0.717, 1.165) is 0 Å². The van der Waals surface area contributed by atoms with E-state index in [2.05, 4.69) is 0 Å². The Hall–Kier alpha value is -0.180. The van der Waals surface area contributed by atoms with Crippen LogP contribution in [0.3, 0.4) is 0 Å². The Morgan fingerprint density at radius 1 is 1.62 bits per heavy atom. The molecule has 1 saturated carbocycles. The van der Waals surface area contributed by atoms with Gasteiger partial charge < -0.3 is 5.11 Å². The molecule has 2 atom stereocenters. The highest BCUT2D eigenvalue weighted by atomic mass is 19.3. The van der Waals surface area contributed by atoms with Crippen molar-refractivity contribution in [2.24, 2.45) is 11.8 Å². The van der Waals surface area contributed by atoms with Crippen molar-refractivity contribution in [3.8, 4) is 0 Å². The van der Waals surface area contributed by atoms with Gasteiger partial charge in [0.2, 0.25) is 0 Å². The van der Waals surface area contributed by atoms with E-state index in [4.69, 9.17) is 5.11 Å². The highest BCUT2D eigenvalue weighted by Crippen LogP contribution is 2.54. The molecule has 1 N–H and O–H groups in total. The van der Waals surface area contributed by atoms with Crippen molar-refractivity contribution in [1.82, 2.24) is 0 Å². The van der Waals surface area contributed by atoms with E-state index in [1.54, 1.807) is 0 Å². The molecule has 0 spiro atoms. The molecule has 1 aliphatic rings. The smallest absolute Gasteiger partial charge is 0.256 e. The summed E-state index contributed by atoms with van der Waals surface area (Å²) in [6.07, 6.45) is 0. The Balaban J connectivity index is 2.45. The first-order chi connectivity index (χ1) is 3.60. The van der Waals surface area contributed by atoms with Crippen LogP contribution in [0.5, 0.6) is 0 Å². The number of aliphatic hydroxyl groups excluding tert-OH is 1. The molecule has 0 aromatic rings. The summed E-state index contributed by atoms with van der Waals surface area (Å²) in [5, 5.41) is 8.23. The van der Waals surface area contributed by atoms with Gasteiger partial charge in [-0.2, -0.15) is 0 Å². The SMILES string of the molecule is CC1C(CO)C1(F)F. The van der Waals surface area contributed by atoms with Crippen molar-refractivity contribution in [3.63, 3.8) is 0 Å². The van der Waals surface area contributed by atoms with Crippen LogP contribution >= 0.6 is 0 Å². The van der Waals surface area contributed by atoms with E-state index in [1.165, 1.54) is 6.92 Å². The van der Waals surface area contributed by atoms with E-state index in [-0.39, 0.29) is 6.61 Å². The third-order valence-electron chi connectivity index (χ3n) is 1.79. The van der Waals surface area contributed by atoms with Crippen LogP contribution in [0.4, 0.5) is 8.78 Å². The molecule has 8 heavy (non-hydrogen) atoms. The van der Waals surface area contributed by atoms with E-state index in [0.29, 0.717) is 0 Å². The number of hydrogen-bond acceptors (Lipinski definition) is 1. The molecule has 0 amide bonds. The normalized spacial score (nSPS) is 42.0. The highest BCUT2D eigenvalue weighted by Gasteiger charge is 2.64. The predicted octanol–water partition coefficient (Wildman–Crippen LogP) is 0.880. The van der Waals surface area contributed by atoms with Crippen molar-refractivity contribution < 1.29 is 13.9 Å². The molecule has 3 heteroatoms. The minimum absolute atomic E-state index is 0.381. The zero-order valence-corrected chi connectivity index (χ0v) is 4.56. The quantitative estimate of drug-likeness (QED) is 0.547. The maximum atomic E-state index is 12.0. The fourth-order valence-electron chi connectivity index (χ4n) is 0.840. The van der Waals surface area contributed by atoms with E-state index < -0.39 is 17.8 Å². The lowest BCUT2D eigenvalue weighted by atomic mass is 10.4. The number of hydrogen-bond donors (Lipinski definition) is 1. The Labute approximate surface area is 46.3 Å². The fourth-order valence-corrected chi connectivity index (χ4v) is 0.840. The van der Waals surface area contributed by atoms with Crippen molar-refractivity contribution in [3.05, 3.63) is 0 Å². The van der Waals surface area contributed by atoms with Gasteiger partial charge in [0.25, 0.3) is 5.92 Å². The van der Waals surface area contributed by atoms with Gasteiger partial charge in [0.1, 0.15) is 0 Å². The van der Waals surface area contributed by atoms with Gasteiger partial charge in [-0.25, -0.2) is 8.78 Å². The number of rotatable bonds is 1. The first-order valence-corrected chi connectivity index (χ1v) is 2.59. The van der Waals surface area contributed by atoms with Crippen LogP contribution in [0.2, 0.25) is 0 Å². The lowest BCUT2D eigenvalue weighted by Gasteiger charge is -1.87. The molecule has 1 nitrogen and oxygen atoms in total. The summed E-state index contributed by atoms with van der Waals surface area (Å²) in [6.45, 7) is 1.06. The van der Waals surface area contributed by atoms with Crippen LogP contribution in [0.15, 0.2) is 0 Å². The molecule has 1 rings (SSSR count). The van der Waals surface area contributed by atoms with Crippen molar-refractivity contribution in [2.75, 3.05) is 6.61 Å². The van der Waals surface area contributed by atoms with Gasteiger partial charge in [0, 0.05) is 5.92 Å². The van der Waals surface area contributed by atoms with Gasteiger partial charge in [-0.1, -0.05) is 6.92 Å². The molecular weight excluding hydrogens is 114 g/mol. The van der Waals surface area contributed by atoms with Crippen molar-refractivity contribution in [1.29, 1.82) is 0 Å². The monoisotopic (exact) mass is 122 g/mol. The van der Waals surface area contributed by atoms with Crippen LogP contribution in [0.1, 0.15) is 6.92 Å². The summed E-state index contributed by atoms with van der Waals surface area (Å²) in [6, 6.07) is 0. The summed E-state index contributed by atoms with van der Waals surface area (Å²) in [4.78, 5) is 0. The molecule has 0 aromatic heterocycles. The topological polar surface area (TPSA) is 20.2 Å².